The number of hydrogen-bond acceptors (Lipinski definition) is 4. The molecule has 1 amide bonds. The molecular formula is C19H11Cl2N3O2. The molecule has 26 heavy (non-hydrogen) atoms. The second kappa shape index (κ2) is 6.78. The Labute approximate surface area is 158 Å². The summed E-state index contributed by atoms with van der Waals surface area (Å²) in [5, 5.41) is 3.54. The number of oxazole rings is 1. The average molecular weight is 384 g/mol. The van der Waals surface area contributed by atoms with Crippen molar-refractivity contribution < 1.29 is 9.21 Å². The van der Waals surface area contributed by atoms with E-state index >= 15 is 0 Å². The zero-order valence-electron chi connectivity index (χ0n) is 13.2. The van der Waals surface area contributed by atoms with Gasteiger partial charge in [-0.3, -0.25) is 4.79 Å². The number of carbonyl (C=O) groups excluding carboxylic acids is 1. The fraction of sp³-hybridized carbons (Fsp3) is 0. The van der Waals surface area contributed by atoms with Crippen LogP contribution in [0, 0.1) is 0 Å². The number of benzene rings is 2. The number of fused-ring (bicyclic) bond motifs is 1. The second-order valence-corrected chi connectivity index (χ2v) is 6.32. The summed E-state index contributed by atoms with van der Waals surface area (Å²) in [6.45, 7) is 0. The Hall–Kier alpha value is -2.89. The molecule has 0 fully saturated rings. The van der Waals surface area contributed by atoms with E-state index in [0.717, 1.165) is 5.56 Å². The number of aromatic nitrogens is 2. The van der Waals surface area contributed by atoms with E-state index < -0.39 is 0 Å². The monoisotopic (exact) mass is 383 g/mol. The van der Waals surface area contributed by atoms with Crippen molar-refractivity contribution in [1.29, 1.82) is 0 Å². The highest BCUT2D eigenvalue weighted by Gasteiger charge is 2.11. The van der Waals surface area contributed by atoms with Crippen molar-refractivity contribution in [3.63, 3.8) is 0 Å². The van der Waals surface area contributed by atoms with Gasteiger partial charge in [0.1, 0.15) is 0 Å². The molecule has 0 unspecified atom stereocenters. The number of hydrogen-bond donors (Lipinski definition) is 1. The highest BCUT2D eigenvalue weighted by molar-refractivity contribution is 6.42. The molecule has 0 aliphatic rings. The standard InChI is InChI=1S/C19H11Cl2N3O2/c20-14-8-5-12(10-15(14)21)18(25)23-13-6-3-11(4-7-13)19-24-17-16(26-19)2-1-9-22-17/h1-10H,(H,23,25). The molecule has 0 saturated heterocycles. The van der Waals surface area contributed by atoms with E-state index in [2.05, 4.69) is 15.3 Å². The van der Waals surface area contributed by atoms with Crippen LogP contribution in [0.4, 0.5) is 5.69 Å². The normalized spacial score (nSPS) is 10.8. The van der Waals surface area contributed by atoms with Crippen LogP contribution in [0.25, 0.3) is 22.7 Å². The van der Waals surface area contributed by atoms with E-state index in [0.29, 0.717) is 38.4 Å². The van der Waals surface area contributed by atoms with Gasteiger partial charge < -0.3 is 9.73 Å². The number of rotatable bonds is 3. The van der Waals surface area contributed by atoms with Crippen LogP contribution in [0.1, 0.15) is 10.4 Å². The Balaban J connectivity index is 1.53. The van der Waals surface area contributed by atoms with Crippen molar-refractivity contribution in [1.82, 2.24) is 9.97 Å². The van der Waals surface area contributed by atoms with Crippen LogP contribution in [-0.4, -0.2) is 15.9 Å². The van der Waals surface area contributed by atoms with Crippen molar-refractivity contribution >= 4 is 46.0 Å². The summed E-state index contributed by atoms with van der Waals surface area (Å²) in [7, 11) is 0. The van der Waals surface area contributed by atoms with Gasteiger partial charge in [-0.25, -0.2) is 4.98 Å². The van der Waals surface area contributed by atoms with E-state index in [4.69, 9.17) is 27.6 Å². The molecule has 0 spiro atoms. The highest BCUT2D eigenvalue weighted by atomic mass is 35.5. The van der Waals surface area contributed by atoms with Crippen LogP contribution in [0.5, 0.6) is 0 Å². The number of carbonyl (C=O) groups is 1. The van der Waals surface area contributed by atoms with Crippen LogP contribution in [-0.2, 0) is 0 Å². The Morgan fingerprint density at radius 3 is 2.54 bits per heavy atom. The van der Waals surface area contributed by atoms with Crippen molar-refractivity contribution in [2.24, 2.45) is 0 Å². The first-order valence-electron chi connectivity index (χ1n) is 7.68. The fourth-order valence-electron chi connectivity index (χ4n) is 2.43. The third-order valence-electron chi connectivity index (χ3n) is 3.74. The lowest BCUT2D eigenvalue weighted by Crippen LogP contribution is -2.11. The Morgan fingerprint density at radius 1 is 1.00 bits per heavy atom. The third kappa shape index (κ3) is 3.27. The van der Waals surface area contributed by atoms with E-state index in [1.165, 1.54) is 6.07 Å². The smallest absolute Gasteiger partial charge is 0.255 e. The first-order valence-corrected chi connectivity index (χ1v) is 8.44. The summed E-state index contributed by atoms with van der Waals surface area (Å²) in [5.74, 6) is 0.198. The van der Waals surface area contributed by atoms with Gasteiger partial charge in [0.25, 0.3) is 5.91 Å². The van der Waals surface area contributed by atoms with E-state index in [1.807, 2.05) is 18.2 Å². The first kappa shape index (κ1) is 16.6. The maximum Gasteiger partial charge on any atom is 0.255 e. The maximum absolute atomic E-state index is 12.3. The second-order valence-electron chi connectivity index (χ2n) is 5.50. The van der Waals surface area contributed by atoms with Crippen LogP contribution in [0.15, 0.2) is 65.2 Å². The summed E-state index contributed by atoms with van der Waals surface area (Å²) in [5.41, 5.74) is 3.03. The highest BCUT2D eigenvalue weighted by Crippen LogP contribution is 2.25. The molecule has 2 aromatic heterocycles. The molecule has 128 valence electrons. The zero-order chi connectivity index (χ0) is 18.1. The molecule has 2 aromatic carbocycles. The van der Waals surface area contributed by atoms with Gasteiger partial charge in [-0.2, -0.15) is 4.98 Å². The van der Waals surface area contributed by atoms with Crippen molar-refractivity contribution in [3.05, 3.63) is 76.4 Å². The van der Waals surface area contributed by atoms with Gasteiger partial charge in [-0.05, 0) is 54.6 Å². The first-order chi connectivity index (χ1) is 12.6. The minimum Gasteiger partial charge on any atom is -0.434 e. The van der Waals surface area contributed by atoms with Crippen LogP contribution in [0.3, 0.4) is 0 Å². The molecule has 0 atom stereocenters. The average Bonchev–Trinajstić information content (AvgIpc) is 3.08. The Morgan fingerprint density at radius 2 is 1.81 bits per heavy atom. The molecule has 1 N–H and O–H groups in total. The molecule has 0 saturated carbocycles. The maximum atomic E-state index is 12.3. The Kier molecular flexibility index (Phi) is 4.32. The molecule has 4 rings (SSSR count). The number of anilines is 1. The molecule has 7 heteroatoms. The van der Waals surface area contributed by atoms with Crippen molar-refractivity contribution in [2.45, 2.75) is 0 Å². The van der Waals surface area contributed by atoms with Gasteiger partial charge in [-0.15, -0.1) is 0 Å². The summed E-state index contributed by atoms with van der Waals surface area (Å²) >= 11 is 11.8. The fourth-order valence-corrected chi connectivity index (χ4v) is 2.73. The van der Waals surface area contributed by atoms with Gasteiger partial charge in [0.05, 0.1) is 10.0 Å². The molecule has 0 radical (unpaired) electrons. The van der Waals surface area contributed by atoms with Crippen molar-refractivity contribution in [3.8, 4) is 11.5 Å². The predicted octanol–water partition coefficient (Wildman–Crippen LogP) is 5.45. The van der Waals surface area contributed by atoms with Crippen LogP contribution in [0.2, 0.25) is 10.0 Å². The number of halogens is 2. The van der Waals surface area contributed by atoms with Gasteiger partial charge in [0, 0.05) is 23.0 Å². The number of nitrogens with zero attached hydrogens (tertiary/aromatic N) is 2. The molecular weight excluding hydrogens is 373 g/mol. The van der Waals surface area contributed by atoms with Gasteiger partial charge >= 0.3 is 0 Å². The number of nitrogens with one attached hydrogen (secondary N) is 1. The van der Waals surface area contributed by atoms with Crippen LogP contribution < -0.4 is 5.32 Å². The predicted molar refractivity (Wildman–Crippen MR) is 102 cm³/mol. The van der Waals surface area contributed by atoms with Gasteiger partial charge in [0.15, 0.2) is 11.2 Å². The van der Waals surface area contributed by atoms with E-state index in [9.17, 15) is 4.79 Å². The lowest BCUT2D eigenvalue weighted by molar-refractivity contribution is 0.102. The van der Waals surface area contributed by atoms with Crippen LogP contribution >= 0.6 is 23.2 Å². The molecule has 5 nitrogen and oxygen atoms in total. The number of amides is 1. The topological polar surface area (TPSA) is 68.0 Å². The quantitative estimate of drug-likeness (QED) is 0.510. The summed E-state index contributed by atoms with van der Waals surface area (Å²) in [4.78, 5) is 20.8. The lowest BCUT2D eigenvalue weighted by Gasteiger charge is -2.06. The third-order valence-corrected chi connectivity index (χ3v) is 4.48. The summed E-state index contributed by atoms with van der Waals surface area (Å²) in [6, 6.07) is 15.5. The SMILES string of the molecule is O=C(Nc1ccc(-c2nc3ncccc3o2)cc1)c1ccc(Cl)c(Cl)c1. The molecule has 0 bridgehead atoms. The minimum atomic E-state index is -0.276. The summed E-state index contributed by atoms with van der Waals surface area (Å²) in [6.07, 6.45) is 1.66. The Bertz CT molecular complexity index is 1070. The molecule has 0 aliphatic carbocycles. The van der Waals surface area contributed by atoms with E-state index in [1.54, 1.807) is 36.5 Å². The van der Waals surface area contributed by atoms with Gasteiger partial charge in [-0.1, -0.05) is 23.2 Å². The largest absolute Gasteiger partial charge is 0.434 e. The van der Waals surface area contributed by atoms with E-state index in [-0.39, 0.29) is 5.91 Å². The minimum absolute atomic E-state index is 0.276. The summed E-state index contributed by atoms with van der Waals surface area (Å²) < 4.78 is 5.68. The van der Waals surface area contributed by atoms with Crippen molar-refractivity contribution in [2.75, 3.05) is 5.32 Å². The molecule has 0 aliphatic heterocycles. The molecule has 2 heterocycles. The molecule has 4 aromatic rings. The number of pyridine rings is 1. The lowest BCUT2D eigenvalue weighted by atomic mass is 10.2. The zero-order valence-corrected chi connectivity index (χ0v) is 14.8. The van der Waals surface area contributed by atoms with Gasteiger partial charge in [0.2, 0.25) is 5.89 Å².